The van der Waals surface area contributed by atoms with E-state index in [2.05, 4.69) is 15.4 Å². The molecule has 8 nitrogen and oxygen atoms in total. The maximum absolute atomic E-state index is 12.4. The van der Waals surface area contributed by atoms with Gasteiger partial charge in [-0.15, -0.1) is 10.2 Å². The fraction of sp³-hybridized carbons (Fsp3) is 0.375. The van der Waals surface area contributed by atoms with Crippen molar-refractivity contribution < 1.29 is 18.2 Å². The van der Waals surface area contributed by atoms with Crippen LogP contribution in [-0.2, 0) is 0 Å². The number of hydrogen-bond acceptors (Lipinski definition) is 7. The highest BCUT2D eigenvalue weighted by Gasteiger charge is 2.29. The highest BCUT2D eigenvalue weighted by atomic mass is 16.5. The second kappa shape index (κ2) is 5.95. The molecule has 0 saturated carbocycles. The molecule has 8 heteroatoms. The van der Waals surface area contributed by atoms with Crippen LogP contribution in [0.15, 0.2) is 37.8 Å². The molecule has 1 aliphatic rings. The van der Waals surface area contributed by atoms with Crippen molar-refractivity contribution >= 4 is 5.91 Å². The summed E-state index contributed by atoms with van der Waals surface area (Å²) in [5.41, 5.74) is 0.351. The van der Waals surface area contributed by atoms with Crippen molar-refractivity contribution in [1.29, 1.82) is 0 Å². The van der Waals surface area contributed by atoms with Crippen molar-refractivity contribution in [2.24, 2.45) is 0 Å². The van der Waals surface area contributed by atoms with Crippen LogP contribution in [0.25, 0.3) is 11.7 Å². The fourth-order valence-corrected chi connectivity index (χ4v) is 2.86. The Labute approximate surface area is 137 Å². The number of carbonyl (C=O) groups is 1. The molecular formula is C16H16N4O4. The predicted octanol–water partition coefficient (Wildman–Crippen LogP) is 2.65. The summed E-state index contributed by atoms with van der Waals surface area (Å²) in [7, 11) is 0. The standard InChI is InChI=1S/C16H16N4O4/c1-10-9-12(19-24-10)16(21)20-6-4-11(5-7-20)14-17-18-15(23-14)13-3-2-8-22-13/h2-3,8-9,11H,4-7H2,1H3. The Balaban J connectivity index is 1.40. The van der Waals surface area contributed by atoms with Crippen LogP contribution in [0.2, 0.25) is 0 Å². The molecule has 1 amide bonds. The number of aromatic nitrogens is 3. The lowest BCUT2D eigenvalue weighted by molar-refractivity contribution is 0.0696. The van der Waals surface area contributed by atoms with Crippen molar-refractivity contribution in [3.63, 3.8) is 0 Å². The summed E-state index contributed by atoms with van der Waals surface area (Å²) in [6.45, 7) is 3.00. The van der Waals surface area contributed by atoms with Crippen LogP contribution >= 0.6 is 0 Å². The Hall–Kier alpha value is -2.90. The van der Waals surface area contributed by atoms with E-state index in [0.29, 0.717) is 42.1 Å². The summed E-state index contributed by atoms with van der Waals surface area (Å²) in [5, 5.41) is 11.9. The summed E-state index contributed by atoms with van der Waals surface area (Å²) >= 11 is 0. The number of hydrogen-bond donors (Lipinski definition) is 0. The van der Waals surface area contributed by atoms with Gasteiger partial charge in [-0.05, 0) is 31.9 Å². The fourth-order valence-electron chi connectivity index (χ4n) is 2.86. The van der Waals surface area contributed by atoms with Gasteiger partial charge in [0.15, 0.2) is 11.5 Å². The van der Waals surface area contributed by atoms with E-state index in [4.69, 9.17) is 13.4 Å². The number of likely N-dealkylation sites (tertiary alicyclic amines) is 1. The monoisotopic (exact) mass is 328 g/mol. The first-order valence-electron chi connectivity index (χ1n) is 7.80. The highest BCUT2D eigenvalue weighted by molar-refractivity contribution is 5.92. The summed E-state index contributed by atoms with van der Waals surface area (Å²) in [6.07, 6.45) is 3.10. The Kier molecular flexibility index (Phi) is 3.64. The average Bonchev–Trinajstić information content (AvgIpc) is 3.35. The molecule has 4 rings (SSSR count). The Bertz CT molecular complexity index is 828. The lowest BCUT2D eigenvalue weighted by atomic mass is 9.96. The topological polar surface area (TPSA) is 98.4 Å². The molecule has 3 aromatic heterocycles. The molecule has 0 bridgehead atoms. The molecule has 0 unspecified atom stereocenters. The molecule has 24 heavy (non-hydrogen) atoms. The van der Waals surface area contributed by atoms with E-state index in [1.807, 2.05) is 0 Å². The third-order valence-electron chi connectivity index (χ3n) is 4.15. The predicted molar refractivity (Wildman–Crippen MR) is 81.1 cm³/mol. The molecule has 0 spiro atoms. The van der Waals surface area contributed by atoms with Gasteiger partial charge in [-0.25, -0.2) is 0 Å². The van der Waals surface area contributed by atoms with Gasteiger partial charge in [0.25, 0.3) is 11.8 Å². The number of furan rings is 1. The van der Waals surface area contributed by atoms with Gasteiger partial charge < -0.3 is 18.3 Å². The Morgan fingerprint density at radius 3 is 2.79 bits per heavy atom. The van der Waals surface area contributed by atoms with E-state index in [0.717, 1.165) is 12.8 Å². The van der Waals surface area contributed by atoms with Crippen molar-refractivity contribution in [2.75, 3.05) is 13.1 Å². The smallest absolute Gasteiger partial charge is 0.283 e. The largest absolute Gasteiger partial charge is 0.459 e. The molecule has 1 aliphatic heterocycles. The van der Waals surface area contributed by atoms with E-state index in [9.17, 15) is 4.79 Å². The van der Waals surface area contributed by atoms with E-state index >= 15 is 0 Å². The molecule has 0 radical (unpaired) electrons. The first-order chi connectivity index (χ1) is 11.7. The Morgan fingerprint density at radius 1 is 1.29 bits per heavy atom. The van der Waals surface area contributed by atoms with Crippen LogP contribution in [0, 0.1) is 6.92 Å². The number of amides is 1. The molecule has 0 aromatic carbocycles. The zero-order valence-electron chi connectivity index (χ0n) is 13.1. The van der Waals surface area contributed by atoms with Crippen LogP contribution in [0.3, 0.4) is 0 Å². The van der Waals surface area contributed by atoms with Crippen molar-refractivity contribution in [3.05, 3.63) is 41.8 Å². The van der Waals surface area contributed by atoms with Gasteiger partial charge in [0.2, 0.25) is 5.89 Å². The molecule has 0 aliphatic carbocycles. The minimum Gasteiger partial charge on any atom is -0.459 e. The third kappa shape index (κ3) is 2.70. The molecule has 1 saturated heterocycles. The van der Waals surface area contributed by atoms with Gasteiger partial charge in [-0.1, -0.05) is 5.16 Å². The number of nitrogens with zero attached hydrogens (tertiary/aromatic N) is 4. The highest BCUT2D eigenvalue weighted by Crippen LogP contribution is 2.29. The SMILES string of the molecule is Cc1cc(C(=O)N2CCC(c3nnc(-c4ccco4)o3)CC2)no1. The normalized spacial score (nSPS) is 15.8. The molecule has 0 atom stereocenters. The van der Waals surface area contributed by atoms with Gasteiger partial charge >= 0.3 is 0 Å². The minimum absolute atomic E-state index is 0.105. The van der Waals surface area contributed by atoms with E-state index in [1.165, 1.54) is 0 Å². The summed E-state index contributed by atoms with van der Waals surface area (Å²) in [6, 6.07) is 5.20. The first kappa shape index (κ1) is 14.7. The van der Waals surface area contributed by atoms with Gasteiger partial charge in [-0.2, -0.15) is 0 Å². The van der Waals surface area contributed by atoms with Crippen molar-refractivity contribution in [2.45, 2.75) is 25.7 Å². The zero-order valence-corrected chi connectivity index (χ0v) is 13.1. The molecule has 3 aromatic rings. The summed E-state index contributed by atoms with van der Waals surface area (Å²) < 4.78 is 15.9. The molecule has 1 fully saturated rings. The maximum atomic E-state index is 12.4. The molecule has 0 N–H and O–H groups in total. The molecular weight excluding hydrogens is 312 g/mol. The van der Waals surface area contributed by atoms with Crippen molar-refractivity contribution in [3.8, 4) is 11.7 Å². The number of aryl methyl sites for hydroxylation is 1. The number of piperidine rings is 1. The quantitative estimate of drug-likeness (QED) is 0.728. The van der Waals surface area contributed by atoms with Gasteiger partial charge in [-0.3, -0.25) is 4.79 Å². The minimum atomic E-state index is -0.105. The summed E-state index contributed by atoms with van der Waals surface area (Å²) in [4.78, 5) is 14.1. The maximum Gasteiger partial charge on any atom is 0.283 e. The van der Waals surface area contributed by atoms with Crippen LogP contribution < -0.4 is 0 Å². The number of rotatable bonds is 3. The lowest BCUT2D eigenvalue weighted by Crippen LogP contribution is -2.38. The van der Waals surface area contributed by atoms with E-state index < -0.39 is 0 Å². The van der Waals surface area contributed by atoms with Crippen LogP contribution in [0.5, 0.6) is 0 Å². The van der Waals surface area contributed by atoms with Gasteiger partial charge in [0.05, 0.1) is 6.26 Å². The Morgan fingerprint density at radius 2 is 2.12 bits per heavy atom. The molecule has 4 heterocycles. The zero-order chi connectivity index (χ0) is 16.5. The van der Waals surface area contributed by atoms with Crippen LogP contribution in [0.1, 0.15) is 40.9 Å². The van der Waals surface area contributed by atoms with E-state index in [-0.39, 0.29) is 11.8 Å². The van der Waals surface area contributed by atoms with Gasteiger partial charge in [0.1, 0.15) is 5.76 Å². The average molecular weight is 328 g/mol. The van der Waals surface area contributed by atoms with Gasteiger partial charge in [0, 0.05) is 25.1 Å². The molecule has 124 valence electrons. The van der Waals surface area contributed by atoms with E-state index in [1.54, 1.807) is 36.3 Å². The second-order valence-electron chi connectivity index (χ2n) is 5.81. The number of carbonyl (C=O) groups excluding carboxylic acids is 1. The lowest BCUT2D eigenvalue weighted by Gasteiger charge is -2.29. The first-order valence-corrected chi connectivity index (χ1v) is 7.80. The van der Waals surface area contributed by atoms with Crippen LogP contribution in [0.4, 0.5) is 0 Å². The van der Waals surface area contributed by atoms with Crippen LogP contribution in [-0.4, -0.2) is 39.3 Å². The third-order valence-corrected chi connectivity index (χ3v) is 4.15. The van der Waals surface area contributed by atoms with Crippen molar-refractivity contribution in [1.82, 2.24) is 20.3 Å². The summed E-state index contributed by atoms with van der Waals surface area (Å²) in [5.74, 6) is 2.20. The second-order valence-corrected chi connectivity index (χ2v) is 5.81.